The lowest BCUT2D eigenvalue weighted by Gasteiger charge is -2.31. The fraction of sp³-hybridized carbons (Fsp3) is 0.389. The number of oxazole rings is 1. The Kier molecular flexibility index (Phi) is 3.90. The van der Waals surface area contributed by atoms with Crippen molar-refractivity contribution >= 4 is 17.0 Å². The normalized spacial score (nSPS) is 16.1. The van der Waals surface area contributed by atoms with Gasteiger partial charge in [-0.2, -0.15) is 4.98 Å². The third kappa shape index (κ3) is 2.97. The molecule has 1 aromatic carbocycles. The summed E-state index contributed by atoms with van der Waals surface area (Å²) in [5, 5.41) is 3.45. The number of hydrogen-bond acceptors (Lipinski definition) is 6. The average Bonchev–Trinajstić information content (AvgIpc) is 2.96. The van der Waals surface area contributed by atoms with Crippen LogP contribution in [0.5, 0.6) is 0 Å². The number of fused-ring (bicyclic) bond motifs is 2. The Balaban J connectivity index is 1.44. The molecular formula is C18H21N5O. The van der Waals surface area contributed by atoms with Crippen LogP contribution in [0.3, 0.4) is 0 Å². The van der Waals surface area contributed by atoms with E-state index in [1.54, 1.807) is 0 Å². The molecule has 6 nitrogen and oxygen atoms in total. The molecule has 0 saturated carbocycles. The quantitative estimate of drug-likeness (QED) is 0.796. The maximum absolute atomic E-state index is 5.47. The number of nitrogens with zero attached hydrogens (tertiary/aromatic N) is 4. The summed E-state index contributed by atoms with van der Waals surface area (Å²) in [4.78, 5) is 15.3. The Labute approximate surface area is 140 Å². The van der Waals surface area contributed by atoms with Crippen LogP contribution in [0.4, 0.5) is 5.82 Å². The summed E-state index contributed by atoms with van der Waals surface area (Å²) in [7, 11) is 0. The largest absolute Gasteiger partial charge is 0.422 e. The molecule has 124 valence electrons. The molecule has 1 atom stereocenters. The van der Waals surface area contributed by atoms with Crippen LogP contribution in [0.2, 0.25) is 0 Å². The number of aryl methyl sites for hydroxylation is 1. The molecule has 24 heavy (non-hydrogen) atoms. The van der Waals surface area contributed by atoms with Gasteiger partial charge < -0.3 is 9.73 Å². The van der Waals surface area contributed by atoms with E-state index < -0.39 is 0 Å². The zero-order chi connectivity index (χ0) is 16.5. The fourth-order valence-corrected chi connectivity index (χ4v) is 3.34. The van der Waals surface area contributed by atoms with Crippen molar-refractivity contribution in [3.8, 4) is 0 Å². The first-order valence-electron chi connectivity index (χ1n) is 8.33. The van der Waals surface area contributed by atoms with E-state index in [2.05, 4.69) is 56.4 Å². The Bertz CT molecular complexity index is 859. The number of hydrogen-bond donors (Lipinski definition) is 1. The molecule has 1 N–H and O–H groups in total. The van der Waals surface area contributed by atoms with Crippen molar-refractivity contribution in [3.63, 3.8) is 0 Å². The molecule has 0 unspecified atom stereocenters. The van der Waals surface area contributed by atoms with Gasteiger partial charge in [0, 0.05) is 32.6 Å². The zero-order valence-electron chi connectivity index (χ0n) is 14.0. The highest BCUT2D eigenvalue weighted by Gasteiger charge is 2.19. The minimum Gasteiger partial charge on any atom is -0.422 e. The number of anilines is 1. The second kappa shape index (κ2) is 6.20. The van der Waals surface area contributed by atoms with Gasteiger partial charge in [-0.3, -0.25) is 4.90 Å². The molecule has 3 heterocycles. The van der Waals surface area contributed by atoms with Crippen molar-refractivity contribution in [2.75, 3.05) is 18.4 Å². The van der Waals surface area contributed by atoms with Gasteiger partial charge in [-0.05, 0) is 24.5 Å². The lowest BCUT2D eigenvalue weighted by molar-refractivity contribution is 0.247. The Morgan fingerprint density at radius 1 is 1.25 bits per heavy atom. The second-order valence-electron chi connectivity index (χ2n) is 6.41. The average molecular weight is 323 g/mol. The molecule has 0 fully saturated rings. The molecular weight excluding hydrogens is 302 g/mol. The number of aromatic nitrogens is 3. The summed E-state index contributed by atoms with van der Waals surface area (Å²) in [6, 6.07) is 8.96. The van der Waals surface area contributed by atoms with Crippen LogP contribution in [0.15, 0.2) is 35.0 Å². The molecule has 1 aliphatic rings. The maximum atomic E-state index is 5.47. The lowest BCUT2D eigenvalue weighted by atomic mass is 10.00. The second-order valence-corrected chi connectivity index (χ2v) is 6.41. The highest BCUT2D eigenvalue weighted by molar-refractivity contribution is 5.80. The van der Waals surface area contributed by atoms with E-state index in [-0.39, 0.29) is 6.04 Å². The van der Waals surface area contributed by atoms with Crippen molar-refractivity contribution in [3.05, 3.63) is 47.6 Å². The van der Waals surface area contributed by atoms with Gasteiger partial charge in [0.15, 0.2) is 17.2 Å². The first kappa shape index (κ1) is 15.1. The minimum atomic E-state index is 0.255. The molecule has 6 heteroatoms. The molecule has 3 aromatic rings. The van der Waals surface area contributed by atoms with Crippen LogP contribution >= 0.6 is 0 Å². The Morgan fingerprint density at radius 3 is 2.96 bits per heavy atom. The molecule has 4 rings (SSSR count). The summed E-state index contributed by atoms with van der Waals surface area (Å²) >= 11 is 0. The van der Waals surface area contributed by atoms with Gasteiger partial charge in [0.1, 0.15) is 6.33 Å². The number of rotatable bonds is 4. The molecule has 0 radical (unpaired) electrons. The van der Waals surface area contributed by atoms with E-state index in [9.17, 15) is 0 Å². The summed E-state index contributed by atoms with van der Waals surface area (Å²) in [5.41, 5.74) is 4.15. The van der Waals surface area contributed by atoms with Gasteiger partial charge in [-0.25, -0.2) is 9.97 Å². The van der Waals surface area contributed by atoms with E-state index >= 15 is 0 Å². The third-order valence-corrected chi connectivity index (χ3v) is 4.43. The number of nitrogens with one attached hydrogen (secondary N) is 1. The fourth-order valence-electron chi connectivity index (χ4n) is 3.34. The van der Waals surface area contributed by atoms with Gasteiger partial charge >= 0.3 is 0 Å². The molecule has 0 saturated heterocycles. The Hall–Kier alpha value is -2.47. The Morgan fingerprint density at radius 2 is 2.08 bits per heavy atom. The van der Waals surface area contributed by atoms with Gasteiger partial charge in [0.25, 0.3) is 5.71 Å². The predicted octanol–water partition coefficient (Wildman–Crippen LogP) is 2.78. The molecule has 2 aromatic heterocycles. The van der Waals surface area contributed by atoms with Crippen LogP contribution in [-0.2, 0) is 13.0 Å². The van der Waals surface area contributed by atoms with Gasteiger partial charge in [-0.1, -0.05) is 24.3 Å². The summed E-state index contributed by atoms with van der Waals surface area (Å²) in [5.74, 6) is 1.34. The smallest absolute Gasteiger partial charge is 0.252 e. The molecule has 0 bridgehead atoms. The van der Waals surface area contributed by atoms with Crippen LogP contribution in [0.1, 0.15) is 23.9 Å². The summed E-state index contributed by atoms with van der Waals surface area (Å²) in [6.07, 6.45) is 2.63. The summed E-state index contributed by atoms with van der Waals surface area (Å²) in [6.45, 7) is 7.04. The van der Waals surface area contributed by atoms with Crippen molar-refractivity contribution < 1.29 is 4.42 Å². The van der Waals surface area contributed by atoms with E-state index in [4.69, 9.17) is 4.42 Å². The zero-order valence-corrected chi connectivity index (χ0v) is 14.0. The molecule has 0 aliphatic carbocycles. The summed E-state index contributed by atoms with van der Waals surface area (Å²) < 4.78 is 5.47. The first-order chi connectivity index (χ1) is 11.7. The molecule has 0 amide bonds. The van der Waals surface area contributed by atoms with Crippen molar-refractivity contribution in [1.29, 1.82) is 0 Å². The van der Waals surface area contributed by atoms with Crippen molar-refractivity contribution in [2.45, 2.75) is 32.9 Å². The van der Waals surface area contributed by atoms with E-state index in [0.29, 0.717) is 17.1 Å². The van der Waals surface area contributed by atoms with E-state index in [0.717, 1.165) is 31.9 Å². The first-order valence-corrected chi connectivity index (χ1v) is 8.33. The number of benzene rings is 1. The highest BCUT2D eigenvalue weighted by atomic mass is 16.4. The topological polar surface area (TPSA) is 67.1 Å². The maximum Gasteiger partial charge on any atom is 0.252 e. The van der Waals surface area contributed by atoms with E-state index in [1.807, 2.05) is 6.92 Å². The van der Waals surface area contributed by atoms with Crippen LogP contribution in [0.25, 0.3) is 11.2 Å². The van der Waals surface area contributed by atoms with Crippen LogP contribution < -0.4 is 5.32 Å². The van der Waals surface area contributed by atoms with Crippen LogP contribution in [0, 0.1) is 6.92 Å². The third-order valence-electron chi connectivity index (χ3n) is 4.43. The van der Waals surface area contributed by atoms with Gasteiger partial charge in [0.05, 0.1) is 0 Å². The molecule has 1 aliphatic heterocycles. The lowest BCUT2D eigenvalue weighted by Crippen LogP contribution is -2.38. The highest BCUT2D eigenvalue weighted by Crippen LogP contribution is 2.21. The minimum absolute atomic E-state index is 0.255. The van der Waals surface area contributed by atoms with Gasteiger partial charge in [0.2, 0.25) is 0 Å². The standard InChI is InChI=1S/C18H21N5O/c1-12(9-23-8-7-14-5-3-4-6-15(14)10-23)21-17-16-18(20-11-19-17)24-13(2)22-16/h3-6,11-12H,7-10H2,1-2H3,(H,19,20,21)/t12-/m1/s1. The predicted molar refractivity (Wildman–Crippen MR) is 92.8 cm³/mol. The van der Waals surface area contributed by atoms with Crippen LogP contribution in [-0.4, -0.2) is 39.0 Å². The van der Waals surface area contributed by atoms with Gasteiger partial charge in [-0.15, -0.1) is 0 Å². The van der Waals surface area contributed by atoms with Crippen molar-refractivity contribution in [2.24, 2.45) is 0 Å². The monoisotopic (exact) mass is 323 g/mol. The van der Waals surface area contributed by atoms with Crippen molar-refractivity contribution in [1.82, 2.24) is 19.9 Å². The van der Waals surface area contributed by atoms with E-state index in [1.165, 1.54) is 17.5 Å². The molecule has 0 spiro atoms. The SMILES string of the molecule is Cc1nc2c(N[C@H](C)CN3CCc4ccccc4C3)ncnc2o1.